The van der Waals surface area contributed by atoms with Gasteiger partial charge in [-0.05, 0) is 34.5 Å². The molecule has 0 spiro atoms. The lowest BCUT2D eigenvalue weighted by Crippen LogP contribution is -2.17. The molecule has 0 radical (unpaired) electrons. The van der Waals surface area contributed by atoms with Crippen LogP contribution in [0.2, 0.25) is 0 Å². The predicted molar refractivity (Wildman–Crippen MR) is 55.6 cm³/mol. The van der Waals surface area contributed by atoms with Crippen LogP contribution in [0.4, 0.5) is 0 Å². The summed E-state index contributed by atoms with van der Waals surface area (Å²) in [5.74, 6) is -0.0493. The van der Waals surface area contributed by atoms with Crippen molar-refractivity contribution in [1.82, 2.24) is 4.98 Å². The van der Waals surface area contributed by atoms with Crippen molar-refractivity contribution in [3.63, 3.8) is 0 Å². The molecule has 0 saturated carbocycles. The van der Waals surface area contributed by atoms with Crippen LogP contribution in [0.1, 0.15) is 17.2 Å². The number of aryl methyl sites for hydroxylation is 1. The van der Waals surface area contributed by atoms with Crippen molar-refractivity contribution in [1.29, 1.82) is 0 Å². The molecular formula is C9H13BrN2O. The molecule has 1 unspecified atom stereocenters. The van der Waals surface area contributed by atoms with Crippen LogP contribution in [0.5, 0.6) is 0 Å². The fraction of sp³-hybridized carbons (Fsp3) is 0.444. The Hall–Kier alpha value is -0.450. The second-order valence-corrected chi connectivity index (χ2v) is 3.83. The van der Waals surface area contributed by atoms with Crippen molar-refractivity contribution >= 4 is 15.9 Å². The van der Waals surface area contributed by atoms with Gasteiger partial charge in [0, 0.05) is 28.8 Å². The maximum Gasteiger partial charge on any atom is 0.0527 e. The molecule has 4 heteroatoms. The number of rotatable bonds is 3. The van der Waals surface area contributed by atoms with E-state index in [1.165, 1.54) is 0 Å². The summed E-state index contributed by atoms with van der Waals surface area (Å²) in [5, 5.41) is 9.01. The summed E-state index contributed by atoms with van der Waals surface area (Å²) in [6.07, 6.45) is 1.74. The molecule has 0 bridgehead atoms. The molecule has 1 aromatic rings. The molecule has 0 fully saturated rings. The standard InChI is InChI=1S/C9H13BrN2O/c1-6-2-9(7(3-11)5-13)12-4-8(6)10/h2,4,7,13H,3,5,11H2,1H3. The van der Waals surface area contributed by atoms with E-state index in [1.54, 1.807) is 6.20 Å². The van der Waals surface area contributed by atoms with Crippen LogP contribution >= 0.6 is 15.9 Å². The normalized spacial score (nSPS) is 12.9. The highest BCUT2D eigenvalue weighted by molar-refractivity contribution is 9.10. The quantitative estimate of drug-likeness (QED) is 0.840. The Morgan fingerprint density at radius 2 is 2.38 bits per heavy atom. The van der Waals surface area contributed by atoms with Crippen molar-refractivity contribution in [3.8, 4) is 0 Å². The number of aliphatic hydroxyl groups excluding tert-OH is 1. The molecule has 72 valence electrons. The fourth-order valence-electron chi connectivity index (χ4n) is 1.07. The third kappa shape index (κ3) is 2.49. The highest BCUT2D eigenvalue weighted by atomic mass is 79.9. The molecule has 0 saturated heterocycles. The van der Waals surface area contributed by atoms with Crippen molar-refractivity contribution in [2.75, 3.05) is 13.2 Å². The summed E-state index contributed by atoms with van der Waals surface area (Å²) in [6.45, 7) is 2.45. The first-order chi connectivity index (χ1) is 6.19. The Balaban J connectivity index is 2.95. The fourth-order valence-corrected chi connectivity index (χ4v) is 1.29. The zero-order valence-electron chi connectivity index (χ0n) is 7.50. The zero-order valence-corrected chi connectivity index (χ0v) is 9.08. The molecule has 0 amide bonds. The van der Waals surface area contributed by atoms with Gasteiger partial charge in [-0.3, -0.25) is 4.98 Å². The van der Waals surface area contributed by atoms with Crippen molar-refractivity contribution in [2.24, 2.45) is 5.73 Å². The minimum Gasteiger partial charge on any atom is -0.396 e. The van der Waals surface area contributed by atoms with Crippen molar-refractivity contribution < 1.29 is 5.11 Å². The predicted octanol–water partition coefficient (Wildman–Crippen LogP) is 1.19. The van der Waals surface area contributed by atoms with Crippen LogP contribution in [0.15, 0.2) is 16.7 Å². The zero-order chi connectivity index (χ0) is 9.84. The molecule has 1 heterocycles. The number of aromatic nitrogens is 1. The van der Waals surface area contributed by atoms with Crippen molar-refractivity contribution in [2.45, 2.75) is 12.8 Å². The smallest absolute Gasteiger partial charge is 0.0527 e. The van der Waals surface area contributed by atoms with Gasteiger partial charge in [0.05, 0.1) is 6.61 Å². The maximum absolute atomic E-state index is 9.01. The Labute approximate surface area is 86.1 Å². The molecule has 13 heavy (non-hydrogen) atoms. The van der Waals surface area contributed by atoms with E-state index in [1.807, 2.05) is 13.0 Å². The van der Waals surface area contributed by atoms with E-state index in [0.717, 1.165) is 15.7 Å². The van der Waals surface area contributed by atoms with Gasteiger partial charge in [0.2, 0.25) is 0 Å². The Kier molecular flexibility index (Phi) is 3.84. The van der Waals surface area contributed by atoms with E-state index >= 15 is 0 Å². The number of hydrogen-bond donors (Lipinski definition) is 2. The first kappa shape index (κ1) is 10.6. The van der Waals surface area contributed by atoms with Gasteiger partial charge in [0.15, 0.2) is 0 Å². The monoisotopic (exact) mass is 244 g/mol. The van der Waals surface area contributed by atoms with Gasteiger partial charge in [-0.2, -0.15) is 0 Å². The van der Waals surface area contributed by atoms with Gasteiger partial charge in [-0.1, -0.05) is 0 Å². The van der Waals surface area contributed by atoms with Gasteiger partial charge < -0.3 is 10.8 Å². The third-order valence-electron chi connectivity index (χ3n) is 1.99. The van der Waals surface area contributed by atoms with E-state index in [2.05, 4.69) is 20.9 Å². The molecule has 0 aliphatic rings. The molecular weight excluding hydrogens is 232 g/mol. The van der Waals surface area contributed by atoms with Crippen LogP contribution < -0.4 is 5.73 Å². The van der Waals surface area contributed by atoms with E-state index in [-0.39, 0.29) is 12.5 Å². The molecule has 0 aliphatic heterocycles. The summed E-state index contributed by atoms with van der Waals surface area (Å²) >= 11 is 3.37. The summed E-state index contributed by atoms with van der Waals surface area (Å²) in [7, 11) is 0. The molecule has 3 nitrogen and oxygen atoms in total. The number of halogens is 1. The van der Waals surface area contributed by atoms with E-state index in [9.17, 15) is 0 Å². The van der Waals surface area contributed by atoms with E-state index in [0.29, 0.717) is 6.54 Å². The lowest BCUT2D eigenvalue weighted by Gasteiger charge is -2.11. The van der Waals surface area contributed by atoms with Crippen LogP contribution in [0.3, 0.4) is 0 Å². The Morgan fingerprint density at radius 1 is 1.69 bits per heavy atom. The first-order valence-electron chi connectivity index (χ1n) is 4.12. The number of nitrogens with two attached hydrogens (primary N) is 1. The average molecular weight is 245 g/mol. The average Bonchev–Trinajstić information content (AvgIpc) is 2.13. The highest BCUT2D eigenvalue weighted by Crippen LogP contribution is 2.19. The largest absolute Gasteiger partial charge is 0.396 e. The van der Waals surface area contributed by atoms with E-state index in [4.69, 9.17) is 10.8 Å². The van der Waals surface area contributed by atoms with Gasteiger partial charge in [-0.15, -0.1) is 0 Å². The van der Waals surface area contributed by atoms with Crippen LogP contribution in [-0.4, -0.2) is 23.2 Å². The summed E-state index contributed by atoms with van der Waals surface area (Å²) in [6, 6.07) is 1.94. The van der Waals surface area contributed by atoms with E-state index < -0.39 is 0 Å². The van der Waals surface area contributed by atoms with Gasteiger partial charge >= 0.3 is 0 Å². The number of nitrogens with zero attached hydrogens (tertiary/aromatic N) is 1. The molecule has 1 atom stereocenters. The summed E-state index contributed by atoms with van der Waals surface area (Å²) in [5.41, 5.74) is 7.45. The number of hydrogen-bond acceptors (Lipinski definition) is 3. The van der Waals surface area contributed by atoms with Crippen LogP contribution in [0.25, 0.3) is 0 Å². The number of aliphatic hydroxyl groups is 1. The first-order valence-corrected chi connectivity index (χ1v) is 4.91. The Morgan fingerprint density at radius 3 is 2.85 bits per heavy atom. The minimum atomic E-state index is -0.0493. The van der Waals surface area contributed by atoms with Crippen LogP contribution in [-0.2, 0) is 0 Å². The third-order valence-corrected chi connectivity index (χ3v) is 2.82. The SMILES string of the molecule is Cc1cc(C(CN)CO)ncc1Br. The Bertz CT molecular complexity index is 287. The summed E-state index contributed by atoms with van der Waals surface area (Å²) < 4.78 is 0.977. The van der Waals surface area contributed by atoms with Crippen molar-refractivity contribution in [3.05, 3.63) is 28.0 Å². The minimum absolute atomic E-state index is 0.0462. The van der Waals surface area contributed by atoms with Crippen LogP contribution in [0, 0.1) is 6.92 Å². The number of pyridine rings is 1. The molecule has 0 aromatic carbocycles. The molecule has 0 aliphatic carbocycles. The molecule has 3 N–H and O–H groups in total. The summed E-state index contributed by atoms with van der Waals surface area (Å²) in [4.78, 5) is 4.19. The molecule has 1 aromatic heterocycles. The topological polar surface area (TPSA) is 59.1 Å². The van der Waals surface area contributed by atoms with Gasteiger partial charge in [0.25, 0.3) is 0 Å². The lowest BCUT2D eigenvalue weighted by molar-refractivity contribution is 0.265. The second-order valence-electron chi connectivity index (χ2n) is 2.97. The highest BCUT2D eigenvalue weighted by Gasteiger charge is 2.10. The molecule has 1 rings (SSSR count). The van der Waals surface area contributed by atoms with Gasteiger partial charge in [-0.25, -0.2) is 0 Å². The second kappa shape index (κ2) is 4.69. The lowest BCUT2D eigenvalue weighted by atomic mass is 10.1. The van der Waals surface area contributed by atoms with Gasteiger partial charge in [0.1, 0.15) is 0 Å². The maximum atomic E-state index is 9.01.